The van der Waals surface area contributed by atoms with Gasteiger partial charge in [0.2, 0.25) is 5.91 Å². The topological polar surface area (TPSA) is 74.8 Å². The summed E-state index contributed by atoms with van der Waals surface area (Å²) in [6.45, 7) is 2.01. The number of anilines is 1. The number of nitrogens with one attached hydrogen (secondary N) is 2. The van der Waals surface area contributed by atoms with E-state index in [1.165, 1.54) is 11.8 Å². The molecule has 0 aliphatic rings. The first-order chi connectivity index (χ1) is 12.1. The summed E-state index contributed by atoms with van der Waals surface area (Å²) >= 11 is 1.45. The molecular formula is C19H19N3O2S. The zero-order valence-corrected chi connectivity index (χ0v) is 14.7. The summed E-state index contributed by atoms with van der Waals surface area (Å²) in [6, 6.07) is 15.0. The molecule has 1 heterocycles. The fraction of sp³-hybridized carbons (Fsp3) is 0.211. The Morgan fingerprint density at radius 1 is 1.16 bits per heavy atom. The molecule has 0 aliphatic heterocycles. The number of para-hydroxylation sites is 1. The van der Waals surface area contributed by atoms with Crippen LogP contribution in [0.25, 0.3) is 10.9 Å². The van der Waals surface area contributed by atoms with Gasteiger partial charge in [0.1, 0.15) is 0 Å². The first kappa shape index (κ1) is 17.2. The second-order valence-electron chi connectivity index (χ2n) is 5.75. The van der Waals surface area contributed by atoms with Crippen LogP contribution in [-0.2, 0) is 4.79 Å². The molecule has 3 aromatic rings. The molecule has 1 aromatic heterocycles. The number of carbonyl (C=O) groups is 1. The lowest BCUT2D eigenvalue weighted by Crippen LogP contribution is -2.12. The number of benzene rings is 2. The highest BCUT2D eigenvalue weighted by atomic mass is 32.2. The zero-order chi connectivity index (χ0) is 17.6. The van der Waals surface area contributed by atoms with Crippen LogP contribution in [0.2, 0.25) is 0 Å². The van der Waals surface area contributed by atoms with Gasteiger partial charge in [-0.05, 0) is 37.6 Å². The van der Waals surface area contributed by atoms with Gasteiger partial charge in [-0.3, -0.25) is 9.59 Å². The molecule has 5 nitrogen and oxygen atoms in total. The molecule has 0 aliphatic carbocycles. The van der Waals surface area contributed by atoms with Gasteiger partial charge in [0.05, 0.1) is 10.9 Å². The third-order valence-corrected chi connectivity index (χ3v) is 4.67. The number of H-pyrrole nitrogens is 1. The van der Waals surface area contributed by atoms with Crippen LogP contribution >= 0.6 is 11.8 Å². The average Bonchev–Trinajstić information content (AvgIpc) is 2.61. The van der Waals surface area contributed by atoms with Gasteiger partial charge in [-0.2, -0.15) is 0 Å². The Balaban J connectivity index is 1.49. The molecule has 0 saturated carbocycles. The fourth-order valence-electron chi connectivity index (χ4n) is 2.40. The predicted molar refractivity (Wildman–Crippen MR) is 102 cm³/mol. The number of aryl methyl sites for hydroxylation is 1. The van der Waals surface area contributed by atoms with Gasteiger partial charge >= 0.3 is 0 Å². The van der Waals surface area contributed by atoms with Crippen LogP contribution in [0.15, 0.2) is 58.5 Å². The zero-order valence-electron chi connectivity index (χ0n) is 13.9. The first-order valence-electron chi connectivity index (χ1n) is 8.10. The van der Waals surface area contributed by atoms with E-state index in [1.54, 1.807) is 6.07 Å². The van der Waals surface area contributed by atoms with Crippen molar-refractivity contribution in [3.8, 4) is 0 Å². The van der Waals surface area contributed by atoms with Crippen LogP contribution in [0.3, 0.4) is 0 Å². The van der Waals surface area contributed by atoms with Gasteiger partial charge in [-0.25, -0.2) is 4.98 Å². The first-order valence-corrected chi connectivity index (χ1v) is 9.09. The third kappa shape index (κ3) is 4.70. The summed E-state index contributed by atoms with van der Waals surface area (Å²) in [7, 11) is 0. The monoisotopic (exact) mass is 353 g/mol. The highest BCUT2D eigenvalue weighted by Gasteiger charge is 2.05. The number of aromatic amines is 1. The number of carbonyl (C=O) groups excluding carboxylic acids is 1. The van der Waals surface area contributed by atoms with Crippen molar-refractivity contribution < 1.29 is 4.79 Å². The van der Waals surface area contributed by atoms with E-state index < -0.39 is 0 Å². The number of nitrogens with zero attached hydrogens (tertiary/aromatic N) is 1. The van der Waals surface area contributed by atoms with Crippen LogP contribution in [0, 0.1) is 6.92 Å². The van der Waals surface area contributed by atoms with Crippen LogP contribution in [0.1, 0.15) is 18.4 Å². The van der Waals surface area contributed by atoms with Gasteiger partial charge in [0.25, 0.3) is 5.56 Å². The van der Waals surface area contributed by atoms with Gasteiger partial charge < -0.3 is 10.3 Å². The van der Waals surface area contributed by atoms with E-state index in [-0.39, 0.29) is 11.5 Å². The molecule has 1 amide bonds. The van der Waals surface area contributed by atoms with E-state index >= 15 is 0 Å². The van der Waals surface area contributed by atoms with Gasteiger partial charge in [-0.15, -0.1) is 0 Å². The molecule has 0 spiro atoms. The minimum atomic E-state index is -0.134. The molecule has 0 unspecified atom stereocenters. The number of rotatable bonds is 6. The maximum Gasteiger partial charge on any atom is 0.259 e. The van der Waals surface area contributed by atoms with Gasteiger partial charge in [0.15, 0.2) is 5.16 Å². The second kappa shape index (κ2) is 7.98. The SMILES string of the molecule is Cc1ccc(NC(=O)CCCSc2nc3ccccc3c(=O)[nH]2)cc1. The van der Waals surface area contributed by atoms with Crippen LogP contribution < -0.4 is 10.9 Å². The van der Waals surface area contributed by atoms with E-state index in [1.807, 2.05) is 49.4 Å². The number of amides is 1. The molecule has 128 valence electrons. The van der Waals surface area contributed by atoms with Crippen molar-refractivity contribution in [2.45, 2.75) is 24.9 Å². The largest absolute Gasteiger partial charge is 0.326 e. The molecular weight excluding hydrogens is 334 g/mol. The Morgan fingerprint density at radius 2 is 1.92 bits per heavy atom. The van der Waals surface area contributed by atoms with E-state index in [2.05, 4.69) is 15.3 Å². The van der Waals surface area contributed by atoms with Gasteiger partial charge in [0, 0.05) is 17.9 Å². The summed E-state index contributed by atoms with van der Waals surface area (Å²) in [4.78, 5) is 31.2. The molecule has 6 heteroatoms. The van der Waals surface area contributed by atoms with E-state index in [4.69, 9.17) is 0 Å². The lowest BCUT2D eigenvalue weighted by molar-refractivity contribution is -0.116. The number of fused-ring (bicyclic) bond motifs is 1. The summed E-state index contributed by atoms with van der Waals surface area (Å²) in [6.07, 6.45) is 1.14. The second-order valence-corrected chi connectivity index (χ2v) is 6.84. The average molecular weight is 353 g/mol. The molecule has 25 heavy (non-hydrogen) atoms. The molecule has 0 fully saturated rings. The van der Waals surface area contributed by atoms with Crippen molar-refractivity contribution in [2.75, 3.05) is 11.1 Å². The molecule has 0 saturated heterocycles. The Hall–Kier alpha value is -2.60. The van der Waals surface area contributed by atoms with Gasteiger partial charge in [-0.1, -0.05) is 41.6 Å². The Labute approximate surface area is 149 Å². The Bertz CT molecular complexity index is 935. The molecule has 2 N–H and O–H groups in total. The number of hydrogen-bond acceptors (Lipinski definition) is 4. The summed E-state index contributed by atoms with van der Waals surface area (Å²) in [5.41, 5.74) is 2.52. The van der Waals surface area contributed by atoms with E-state index in [9.17, 15) is 9.59 Å². The quantitative estimate of drug-likeness (QED) is 0.402. The van der Waals surface area contributed by atoms with Crippen molar-refractivity contribution in [1.82, 2.24) is 9.97 Å². The summed E-state index contributed by atoms with van der Waals surface area (Å²) < 4.78 is 0. The van der Waals surface area contributed by atoms with Crippen molar-refractivity contribution in [3.05, 3.63) is 64.4 Å². The lowest BCUT2D eigenvalue weighted by Gasteiger charge is -2.06. The number of aromatic nitrogens is 2. The minimum Gasteiger partial charge on any atom is -0.326 e. The molecule has 2 aromatic carbocycles. The van der Waals surface area contributed by atoms with Crippen molar-refractivity contribution in [1.29, 1.82) is 0 Å². The lowest BCUT2D eigenvalue weighted by atomic mass is 10.2. The molecule has 0 atom stereocenters. The third-order valence-electron chi connectivity index (χ3n) is 3.71. The number of thioether (sulfide) groups is 1. The van der Waals surface area contributed by atoms with Crippen LogP contribution in [-0.4, -0.2) is 21.6 Å². The van der Waals surface area contributed by atoms with Crippen molar-refractivity contribution in [2.24, 2.45) is 0 Å². The highest BCUT2D eigenvalue weighted by Crippen LogP contribution is 2.16. The normalized spacial score (nSPS) is 10.8. The van der Waals surface area contributed by atoms with E-state index in [0.717, 1.165) is 11.3 Å². The minimum absolute atomic E-state index is 0.00980. The number of hydrogen-bond donors (Lipinski definition) is 2. The van der Waals surface area contributed by atoms with Crippen molar-refractivity contribution in [3.63, 3.8) is 0 Å². The highest BCUT2D eigenvalue weighted by molar-refractivity contribution is 7.99. The van der Waals surface area contributed by atoms with Crippen molar-refractivity contribution >= 4 is 34.3 Å². The van der Waals surface area contributed by atoms with E-state index in [0.29, 0.717) is 34.7 Å². The smallest absolute Gasteiger partial charge is 0.259 e. The standard InChI is InChI=1S/C19H19N3O2S/c1-13-8-10-14(11-9-13)20-17(23)7-4-12-25-19-21-16-6-3-2-5-15(16)18(24)22-19/h2-3,5-6,8-11H,4,7,12H2,1H3,(H,20,23)(H,21,22,24). The van der Waals surface area contributed by atoms with Crippen LogP contribution in [0.4, 0.5) is 5.69 Å². The Kier molecular flexibility index (Phi) is 5.50. The Morgan fingerprint density at radius 3 is 2.72 bits per heavy atom. The molecule has 3 rings (SSSR count). The summed E-state index contributed by atoms with van der Waals surface area (Å²) in [5.74, 6) is 0.701. The molecule has 0 radical (unpaired) electrons. The molecule has 0 bridgehead atoms. The predicted octanol–water partition coefficient (Wildman–Crippen LogP) is 3.74. The summed E-state index contributed by atoms with van der Waals surface area (Å²) in [5, 5.41) is 4.05. The van der Waals surface area contributed by atoms with Crippen LogP contribution in [0.5, 0.6) is 0 Å². The maximum atomic E-state index is 12.0. The maximum absolute atomic E-state index is 12.0. The fourth-order valence-corrected chi connectivity index (χ4v) is 3.21.